The van der Waals surface area contributed by atoms with Crippen LogP contribution in [0, 0.1) is 0 Å². The van der Waals surface area contributed by atoms with Crippen molar-refractivity contribution in [2.75, 3.05) is 0 Å². The van der Waals surface area contributed by atoms with E-state index in [9.17, 15) is 0 Å². The van der Waals surface area contributed by atoms with Crippen LogP contribution in [0.4, 0.5) is 0 Å². The molecule has 0 saturated heterocycles. The standard InChI is InChI=1S/C22H17Cl2N3OS/c23-17-10-12-18(13-11-17)27-21(14-28-19-7-2-1-3-8-19)25-26-22(27)29-15-16-6-4-5-9-20(16)24/h1-13H,14-15H2. The normalized spacial score (nSPS) is 10.8. The van der Waals surface area contributed by atoms with Crippen LogP contribution in [0.1, 0.15) is 11.4 Å². The van der Waals surface area contributed by atoms with Crippen molar-refractivity contribution in [3.8, 4) is 11.4 Å². The molecule has 7 heteroatoms. The van der Waals surface area contributed by atoms with Crippen LogP contribution in [0.5, 0.6) is 5.75 Å². The van der Waals surface area contributed by atoms with Gasteiger partial charge >= 0.3 is 0 Å². The first-order valence-electron chi connectivity index (χ1n) is 8.95. The maximum Gasteiger partial charge on any atom is 0.196 e. The van der Waals surface area contributed by atoms with Gasteiger partial charge in [0.1, 0.15) is 12.4 Å². The zero-order valence-corrected chi connectivity index (χ0v) is 17.7. The fraction of sp³-hybridized carbons (Fsp3) is 0.0909. The molecule has 4 rings (SSSR count). The number of hydrogen-bond donors (Lipinski definition) is 0. The fourth-order valence-corrected chi connectivity index (χ4v) is 4.14. The molecule has 3 aromatic carbocycles. The molecule has 1 heterocycles. The van der Waals surface area contributed by atoms with Gasteiger partial charge in [-0.1, -0.05) is 71.4 Å². The monoisotopic (exact) mass is 441 g/mol. The van der Waals surface area contributed by atoms with Crippen LogP contribution in [0.3, 0.4) is 0 Å². The SMILES string of the molecule is Clc1ccc(-n2c(COc3ccccc3)nnc2SCc2ccccc2Cl)cc1. The van der Waals surface area contributed by atoms with Crippen LogP contribution in [0.2, 0.25) is 10.0 Å². The van der Waals surface area contributed by atoms with Gasteiger partial charge in [-0.25, -0.2) is 0 Å². The molecular formula is C22H17Cl2N3OS. The number of benzene rings is 3. The summed E-state index contributed by atoms with van der Waals surface area (Å²) in [5.41, 5.74) is 1.97. The number of aromatic nitrogens is 3. The second-order valence-electron chi connectivity index (χ2n) is 6.19. The molecule has 0 saturated carbocycles. The molecule has 0 unspecified atom stereocenters. The summed E-state index contributed by atoms with van der Waals surface area (Å²) >= 11 is 13.9. The zero-order chi connectivity index (χ0) is 20.1. The van der Waals surface area contributed by atoms with Crippen molar-refractivity contribution >= 4 is 35.0 Å². The lowest BCUT2D eigenvalue weighted by Gasteiger charge is -2.11. The van der Waals surface area contributed by atoms with Gasteiger partial charge < -0.3 is 4.74 Å². The molecule has 0 aliphatic rings. The smallest absolute Gasteiger partial charge is 0.196 e. The predicted molar refractivity (Wildman–Crippen MR) is 118 cm³/mol. The summed E-state index contributed by atoms with van der Waals surface area (Å²) in [5, 5.41) is 10.9. The molecule has 146 valence electrons. The lowest BCUT2D eigenvalue weighted by atomic mass is 10.2. The van der Waals surface area contributed by atoms with E-state index in [1.165, 1.54) is 0 Å². The minimum absolute atomic E-state index is 0.298. The molecular weight excluding hydrogens is 425 g/mol. The Morgan fingerprint density at radius 1 is 0.828 bits per heavy atom. The van der Waals surface area contributed by atoms with Gasteiger partial charge in [0.2, 0.25) is 0 Å². The van der Waals surface area contributed by atoms with E-state index < -0.39 is 0 Å². The number of para-hydroxylation sites is 1. The van der Waals surface area contributed by atoms with Crippen LogP contribution in [0.15, 0.2) is 84.0 Å². The first-order chi connectivity index (χ1) is 14.2. The third kappa shape index (κ3) is 4.93. The maximum atomic E-state index is 6.30. The third-order valence-electron chi connectivity index (χ3n) is 4.21. The highest BCUT2D eigenvalue weighted by atomic mass is 35.5. The molecule has 0 fully saturated rings. The molecule has 4 aromatic rings. The molecule has 0 aliphatic heterocycles. The van der Waals surface area contributed by atoms with Crippen LogP contribution in [-0.4, -0.2) is 14.8 Å². The molecule has 0 amide bonds. The Balaban J connectivity index is 1.61. The van der Waals surface area contributed by atoms with Gasteiger partial charge in [0.15, 0.2) is 11.0 Å². The van der Waals surface area contributed by atoms with Crippen LogP contribution < -0.4 is 4.74 Å². The van der Waals surface area contributed by atoms with E-state index in [2.05, 4.69) is 10.2 Å². The van der Waals surface area contributed by atoms with Gasteiger partial charge in [-0.3, -0.25) is 4.57 Å². The lowest BCUT2D eigenvalue weighted by Crippen LogP contribution is -2.06. The van der Waals surface area contributed by atoms with Crippen LogP contribution in [0.25, 0.3) is 5.69 Å². The Kier molecular flexibility index (Phi) is 6.39. The van der Waals surface area contributed by atoms with E-state index in [0.29, 0.717) is 23.2 Å². The second-order valence-corrected chi connectivity index (χ2v) is 7.98. The highest BCUT2D eigenvalue weighted by Crippen LogP contribution is 2.29. The second kappa shape index (κ2) is 9.35. The summed E-state index contributed by atoms with van der Waals surface area (Å²) in [6.45, 7) is 0.298. The van der Waals surface area contributed by atoms with Gasteiger partial charge in [0, 0.05) is 21.5 Å². The predicted octanol–water partition coefficient (Wildman–Crippen LogP) is 6.45. The van der Waals surface area contributed by atoms with Gasteiger partial charge in [-0.15, -0.1) is 10.2 Å². The molecule has 4 nitrogen and oxygen atoms in total. The first kappa shape index (κ1) is 19.8. The number of nitrogens with zero attached hydrogens (tertiary/aromatic N) is 3. The van der Waals surface area contributed by atoms with Crippen molar-refractivity contribution in [2.24, 2.45) is 0 Å². The average molecular weight is 442 g/mol. The summed E-state index contributed by atoms with van der Waals surface area (Å²) in [4.78, 5) is 0. The number of rotatable bonds is 7. The van der Waals surface area contributed by atoms with E-state index in [1.54, 1.807) is 11.8 Å². The molecule has 0 spiro atoms. The van der Waals surface area contributed by atoms with Crippen LogP contribution in [-0.2, 0) is 12.4 Å². The Morgan fingerprint density at radius 3 is 2.31 bits per heavy atom. The highest BCUT2D eigenvalue weighted by Gasteiger charge is 2.16. The molecule has 0 atom stereocenters. The zero-order valence-electron chi connectivity index (χ0n) is 15.3. The van der Waals surface area contributed by atoms with Crippen molar-refractivity contribution in [2.45, 2.75) is 17.5 Å². The average Bonchev–Trinajstić information content (AvgIpc) is 3.16. The Labute approximate surface area is 183 Å². The van der Waals surface area contributed by atoms with E-state index in [1.807, 2.05) is 83.4 Å². The molecule has 29 heavy (non-hydrogen) atoms. The van der Waals surface area contributed by atoms with E-state index in [-0.39, 0.29) is 0 Å². The fourth-order valence-electron chi connectivity index (χ4n) is 2.76. The third-order valence-corrected chi connectivity index (χ3v) is 5.81. The summed E-state index contributed by atoms with van der Waals surface area (Å²) in [7, 11) is 0. The molecule has 0 radical (unpaired) electrons. The summed E-state index contributed by atoms with van der Waals surface area (Å²) in [6, 6.07) is 25.0. The van der Waals surface area contributed by atoms with E-state index in [4.69, 9.17) is 27.9 Å². The molecule has 0 N–H and O–H groups in total. The Morgan fingerprint density at radius 2 is 1.55 bits per heavy atom. The van der Waals surface area contributed by atoms with Crippen molar-refractivity contribution in [3.05, 3.63) is 100 Å². The van der Waals surface area contributed by atoms with E-state index >= 15 is 0 Å². The number of thioether (sulfide) groups is 1. The highest BCUT2D eigenvalue weighted by molar-refractivity contribution is 7.98. The molecule has 1 aromatic heterocycles. The summed E-state index contributed by atoms with van der Waals surface area (Å²) < 4.78 is 7.88. The summed E-state index contributed by atoms with van der Waals surface area (Å²) in [6.07, 6.45) is 0. The van der Waals surface area contributed by atoms with Gasteiger partial charge in [0.25, 0.3) is 0 Å². The maximum absolute atomic E-state index is 6.30. The topological polar surface area (TPSA) is 39.9 Å². The summed E-state index contributed by atoms with van der Waals surface area (Å²) in [5.74, 6) is 2.17. The Hall–Kier alpha value is -2.47. The van der Waals surface area contributed by atoms with Crippen molar-refractivity contribution in [3.63, 3.8) is 0 Å². The Bertz CT molecular complexity index is 1080. The van der Waals surface area contributed by atoms with Crippen molar-refractivity contribution < 1.29 is 4.74 Å². The lowest BCUT2D eigenvalue weighted by molar-refractivity contribution is 0.293. The van der Waals surface area contributed by atoms with Gasteiger partial charge in [-0.2, -0.15) is 0 Å². The molecule has 0 aliphatic carbocycles. The number of ether oxygens (including phenoxy) is 1. The quantitative estimate of drug-likeness (QED) is 0.309. The largest absolute Gasteiger partial charge is 0.486 e. The number of hydrogen-bond acceptors (Lipinski definition) is 4. The minimum atomic E-state index is 0.298. The van der Waals surface area contributed by atoms with Crippen molar-refractivity contribution in [1.29, 1.82) is 0 Å². The van der Waals surface area contributed by atoms with E-state index in [0.717, 1.165) is 27.2 Å². The van der Waals surface area contributed by atoms with Gasteiger partial charge in [-0.05, 0) is 48.0 Å². The minimum Gasteiger partial charge on any atom is -0.486 e. The van der Waals surface area contributed by atoms with Crippen molar-refractivity contribution in [1.82, 2.24) is 14.8 Å². The number of halogens is 2. The van der Waals surface area contributed by atoms with Gasteiger partial charge in [0.05, 0.1) is 0 Å². The van der Waals surface area contributed by atoms with Crippen LogP contribution >= 0.6 is 35.0 Å². The molecule has 0 bridgehead atoms. The first-order valence-corrected chi connectivity index (χ1v) is 10.7.